The lowest BCUT2D eigenvalue weighted by molar-refractivity contribution is -0.384. The van der Waals surface area contributed by atoms with Gasteiger partial charge in [0.25, 0.3) is 0 Å². The van der Waals surface area contributed by atoms with E-state index in [0.717, 1.165) is 19.3 Å². The molecule has 0 bridgehead atoms. The standard InChI is InChI=1S/C11H15N3O3/c1-8-3-4-9(14(16)17)10(12-8)13-11(7-15)5-2-6-11/h3-4,15H,2,5-7H2,1H3,(H,12,13). The molecule has 0 saturated heterocycles. The Morgan fingerprint density at radius 3 is 2.76 bits per heavy atom. The van der Waals surface area contributed by atoms with Gasteiger partial charge in [-0.2, -0.15) is 0 Å². The molecule has 0 amide bonds. The van der Waals surface area contributed by atoms with Crippen LogP contribution in [0, 0.1) is 17.0 Å². The van der Waals surface area contributed by atoms with Crippen LogP contribution in [0.15, 0.2) is 12.1 Å². The molecule has 0 aliphatic heterocycles. The number of aliphatic hydroxyl groups is 1. The van der Waals surface area contributed by atoms with Crippen molar-refractivity contribution in [1.82, 2.24) is 4.98 Å². The lowest BCUT2D eigenvalue weighted by atomic mass is 9.77. The van der Waals surface area contributed by atoms with Gasteiger partial charge in [-0.15, -0.1) is 0 Å². The molecule has 92 valence electrons. The summed E-state index contributed by atoms with van der Waals surface area (Å²) in [5, 5.41) is 23.2. The zero-order valence-corrected chi connectivity index (χ0v) is 9.64. The molecule has 6 heteroatoms. The van der Waals surface area contributed by atoms with Crippen LogP contribution in [0.2, 0.25) is 0 Å². The Balaban J connectivity index is 2.30. The summed E-state index contributed by atoms with van der Waals surface area (Å²) in [6.07, 6.45) is 2.65. The molecule has 1 aromatic rings. The Morgan fingerprint density at radius 2 is 2.29 bits per heavy atom. The molecule has 17 heavy (non-hydrogen) atoms. The summed E-state index contributed by atoms with van der Waals surface area (Å²) in [6.45, 7) is 1.75. The first-order valence-corrected chi connectivity index (χ1v) is 5.57. The van der Waals surface area contributed by atoms with Crippen LogP contribution in [-0.2, 0) is 0 Å². The van der Waals surface area contributed by atoms with Crippen molar-refractivity contribution in [2.24, 2.45) is 0 Å². The van der Waals surface area contributed by atoms with E-state index in [4.69, 9.17) is 0 Å². The summed E-state index contributed by atoms with van der Waals surface area (Å²) in [5.74, 6) is 0.253. The van der Waals surface area contributed by atoms with Gasteiger partial charge in [0.05, 0.1) is 17.1 Å². The number of aliphatic hydroxyl groups excluding tert-OH is 1. The molecule has 0 aromatic carbocycles. The van der Waals surface area contributed by atoms with E-state index < -0.39 is 10.5 Å². The van der Waals surface area contributed by atoms with Crippen molar-refractivity contribution in [2.45, 2.75) is 31.7 Å². The normalized spacial score (nSPS) is 17.3. The summed E-state index contributed by atoms with van der Waals surface area (Å²) < 4.78 is 0. The Bertz CT molecular complexity index is 438. The molecule has 2 rings (SSSR count). The van der Waals surface area contributed by atoms with Crippen molar-refractivity contribution < 1.29 is 10.0 Å². The van der Waals surface area contributed by atoms with Gasteiger partial charge in [0.15, 0.2) is 0 Å². The van der Waals surface area contributed by atoms with Crippen molar-refractivity contribution in [1.29, 1.82) is 0 Å². The molecule has 2 N–H and O–H groups in total. The predicted octanol–water partition coefficient (Wildman–Crippen LogP) is 1.63. The average Bonchev–Trinajstić information content (AvgIpc) is 2.23. The quantitative estimate of drug-likeness (QED) is 0.613. The molecule has 0 unspecified atom stereocenters. The minimum atomic E-state index is -0.460. The number of nitrogens with one attached hydrogen (secondary N) is 1. The van der Waals surface area contributed by atoms with Crippen LogP contribution in [0.4, 0.5) is 11.5 Å². The summed E-state index contributed by atoms with van der Waals surface area (Å²) in [6, 6.07) is 3.05. The molecule has 0 radical (unpaired) electrons. The number of rotatable bonds is 4. The monoisotopic (exact) mass is 237 g/mol. The molecule has 1 heterocycles. The Morgan fingerprint density at radius 1 is 1.59 bits per heavy atom. The van der Waals surface area contributed by atoms with Gasteiger partial charge in [0, 0.05) is 11.8 Å². The van der Waals surface area contributed by atoms with E-state index in [1.54, 1.807) is 13.0 Å². The van der Waals surface area contributed by atoms with Gasteiger partial charge in [0.2, 0.25) is 5.82 Å². The second-order valence-corrected chi connectivity index (χ2v) is 4.49. The van der Waals surface area contributed by atoms with E-state index in [-0.39, 0.29) is 18.1 Å². The molecule has 6 nitrogen and oxygen atoms in total. The molecular formula is C11H15N3O3. The number of pyridine rings is 1. The summed E-state index contributed by atoms with van der Waals surface area (Å²) in [7, 11) is 0. The molecule has 0 spiro atoms. The number of aromatic nitrogens is 1. The van der Waals surface area contributed by atoms with Crippen LogP contribution in [-0.4, -0.2) is 27.2 Å². The summed E-state index contributed by atoms with van der Waals surface area (Å²) >= 11 is 0. The highest BCUT2D eigenvalue weighted by atomic mass is 16.6. The summed E-state index contributed by atoms with van der Waals surface area (Å²) in [5.41, 5.74) is 0.242. The highest BCUT2D eigenvalue weighted by Gasteiger charge is 2.38. The topological polar surface area (TPSA) is 88.3 Å². The third kappa shape index (κ3) is 2.21. The van der Waals surface area contributed by atoms with E-state index in [1.165, 1.54) is 6.07 Å². The molecule has 1 aliphatic carbocycles. The smallest absolute Gasteiger partial charge is 0.311 e. The van der Waals surface area contributed by atoms with Gasteiger partial charge < -0.3 is 10.4 Å². The fraction of sp³-hybridized carbons (Fsp3) is 0.545. The lowest BCUT2D eigenvalue weighted by Gasteiger charge is -2.41. The molecule has 1 fully saturated rings. The highest BCUT2D eigenvalue weighted by molar-refractivity contribution is 5.57. The third-order valence-electron chi connectivity index (χ3n) is 3.21. The van der Waals surface area contributed by atoms with E-state index in [2.05, 4.69) is 10.3 Å². The van der Waals surface area contributed by atoms with Gasteiger partial charge in [-0.05, 0) is 32.3 Å². The predicted molar refractivity (Wildman–Crippen MR) is 62.9 cm³/mol. The van der Waals surface area contributed by atoms with E-state index >= 15 is 0 Å². The first kappa shape index (κ1) is 11.8. The fourth-order valence-electron chi connectivity index (χ4n) is 1.97. The Labute approximate surface area is 98.8 Å². The van der Waals surface area contributed by atoms with Crippen LogP contribution in [0.5, 0.6) is 0 Å². The Kier molecular flexibility index (Phi) is 2.97. The van der Waals surface area contributed by atoms with Crippen molar-refractivity contribution >= 4 is 11.5 Å². The van der Waals surface area contributed by atoms with E-state index in [9.17, 15) is 15.2 Å². The van der Waals surface area contributed by atoms with Crippen molar-refractivity contribution in [3.8, 4) is 0 Å². The minimum absolute atomic E-state index is 0.0280. The van der Waals surface area contributed by atoms with Gasteiger partial charge >= 0.3 is 5.69 Å². The SMILES string of the molecule is Cc1ccc([N+](=O)[O-])c(NC2(CO)CCC2)n1. The second-order valence-electron chi connectivity index (χ2n) is 4.49. The van der Waals surface area contributed by atoms with Gasteiger partial charge in [0.1, 0.15) is 0 Å². The first-order chi connectivity index (χ1) is 8.06. The highest BCUT2D eigenvalue weighted by Crippen LogP contribution is 2.36. The number of nitrogens with zero attached hydrogens (tertiary/aromatic N) is 2. The maximum absolute atomic E-state index is 10.9. The third-order valence-corrected chi connectivity index (χ3v) is 3.21. The molecule has 0 atom stereocenters. The van der Waals surface area contributed by atoms with Crippen LogP contribution < -0.4 is 5.32 Å². The number of hydrogen-bond donors (Lipinski definition) is 2. The van der Waals surface area contributed by atoms with E-state index in [0.29, 0.717) is 5.69 Å². The maximum Gasteiger partial charge on any atom is 0.311 e. The van der Waals surface area contributed by atoms with Crippen LogP contribution in [0.1, 0.15) is 25.0 Å². The molecule has 1 saturated carbocycles. The van der Waals surface area contributed by atoms with Gasteiger partial charge in [-0.25, -0.2) is 4.98 Å². The van der Waals surface area contributed by atoms with Gasteiger partial charge in [-0.3, -0.25) is 10.1 Å². The van der Waals surface area contributed by atoms with Crippen molar-refractivity contribution in [2.75, 3.05) is 11.9 Å². The van der Waals surface area contributed by atoms with Crippen LogP contribution in [0.25, 0.3) is 0 Å². The molecule has 1 aromatic heterocycles. The Hall–Kier alpha value is -1.69. The van der Waals surface area contributed by atoms with E-state index in [1.807, 2.05) is 0 Å². The largest absolute Gasteiger partial charge is 0.394 e. The zero-order chi connectivity index (χ0) is 12.5. The van der Waals surface area contributed by atoms with Crippen molar-refractivity contribution in [3.05, 3.63) is 27.9 Å². The second kappa shape index (κ2) is 4.29. The van der Waals surface area contributed by atoms with Crippen molar-refractivity contribution in [3.63, 3.8) is 0 Å². The maximum atomic E-state index is 10.9. The van der Waals surface area contributed by atoms with Gasteiger partial charge in [-0.1, -0.05) is 0 Å². The zero-order valence-electron chi connectivity index (χ0n) is 9.64. The lowest BCUT2D eigenvalue weighted by Crippen LogP contribution is -2.48. The number of nitro groups is 1. The molecular weight excluding hydrogens is 222 g/mol. The van der Waals surface area contributed by atoms with Crippen LogP contribution >= 0.6 is 0 Å². The molecule has 1 aliphatic rings. The number of anilines is 1. The number of aryl methyl sites for hydroxylation is 1. The van der Waals surface area contributed by atoms with Crippen LogP contribution in [0.3, 0.4) is 0 Å². The first-order valence-electron chi connectivity index (χ1n) is 5.57. The fourth-order valence-corrected chi connectivity index (χ4v) is 1.97. The number of hydrogen-bond acceptors (Lipinski definition) is 5. The summed E-state index contributed by atoms with van der Waals surface area (Å²) in [4.78, 5) is 14.6. The average molecular weight is 237 g/mol. The minimum Gasteiger partial charge on any atom is -0.394 e.